The third kappa shape index (κ3) is 2.72. The van der Waals surface area contributed by atoms with E-state index < -0.39 is 4.92 Å². The van der Waals surface area contributed by atoms with E-state index in [2.05, 4.69) is 9.97 Å². The number of nitro groups is 1. The molecule has 6 nitrogen and oxygen atoms in total. The third-order valence-corrected chi connectivity index (χ3v) is 2.61. The number of nitro benzene ring substituents is 1. The lowest BCUT2D eigenvalue weighted by Gasteiger charge is -1.97. The van der Waals surface area contributed by atoms with Crippen LogP contribution < -0.4 is 5.73 Å². The van der Waals surface area contributed by atoms with Crippen molar-refractivity contribution >= 4 is 5.69 Å². The minimum atomic E-state index is -0.415. The Bertz CT molecular complexity index is 551. The van der Waals surface area contributed by atoms with Crippen molar-refractivity contribution in [2.45, 2.75) is 12.8 Å². The van der Waals surface area contributed by atoms with Crippen LogP contribution >= 0.6 is 0 Å². The number of hydrogen-bond acceptors (Lipinski definition) is 4. The van der Waals surface area contributed by atoms with Gasteiger partial charge < -0.3 is 10.7 Å². The summed E-state index contributed by atoms with van der Waals surface area (Å²) >= 11 is 0. The Kier molecular flexibility index (Phi) is 3.69. The molecule has 18 heavy (non-hydrogen) atoms. The molecule has 0 saturated carbocycles. The smallest absolute Gasteiger partial charge is 0.270 e. The maximum Gasteiger partial charge on any atom is 0.270 e. The largest absolute Gasteiger partial charge is 0.342 e. The van der Waals surface area contributed by atoms with Gasteiger partial charge >= 0.3 is 0 Å². The van der Waals surface area contributed by atoms with Crippen molar-refractivity contribution in [2.24, 2.45) is 5.73 Å². The van der Waals surface area contributed by atoms with Crippen molar-refractivity contribution in [3.63, 3.8) is 0 Å². The lowest BCUT2D eigenvalue weighted by molar-refractivity contribution is -0.384. The minimum absolute atomic E-state index is 0.0624. The lowest BCUT2D eigenvalue weighted by atomic mass is 10.2. The first kappa shape index (κ1) is 12.3. The van der Waals surface area contributed by atoms with Gasteiger partial charge in [-0.05, 0) is 19.4 Å². The molecule has 0 amide bonds. The molecule has 94 valence electrons. The highest BCUT2D eigenvalue weighted by Gasteiger charge is 2.09. The molecular formula is C12H14N4O2. The molecule has 0 radical (unpaired) electrons. The molecule has 3 N–H and O–H groups in total. The highest BCUT2D eigenvalue weighted by atomic mass is 16.6. The molecule has 0 unspecified atom stereocenters. The quantitative estimate of drug-likeness (QED) is 0.621. The van der Waals surface area contributed by atoms with Crippen molar-refractivity contribution in [2.75, 3.05) is 6.54 Å². The minimum Gasteiger partial charge on any atom is -0.342 e. The number of hydrogen-bond donors (Lipinski definition) is 2. The van der Waals surface area contributed by atoms with Gasteiger partial charge in [0.15, 0.2) is 0 Å². The maximum absolute atomic E-state index is 10.7. The molecule has 0 aliphatic rings. The first-order valence-electron chi connectivity index (χ1n) is 5.69. The number of nitrogens with two attached hydrogens (primary N) is 1. The average Bonchev–Trinajstić information content (AvgIpc) is 2.85. The molecule has 0 saturated heterocycles. The number of nitrogens with one attached hydrogen (secondary N) is 1. The molecule has 0 aliphatic heterocycles. The van der Waals surface area contributed by atoms with Gasteiger partial charge in [0, 0.05) is 29.6 Å². The van der Waals surface area contributed by atoms with Crippen LogP contribution in [0.3, 0.4) is 0 Å². The van der Waals surface area contributed by atoms with E-state index in [9.17, 15) is 10.1 Å². The summed E-state index contributed by atoms with van der Waals surface area (Å²) in [6, 6.07) is 6.40. The highest BCUT2D eigenvalue weighted by Crippen LogP contribution is 2.21. The van der Waals surface area contributed by atoms with Gasteiger partial charge in [-0.2, -0.15) is 0 Å². The zero-order valence-electron chi connectivity index (χ0n) is 9.80. The van der Waals surface area contributed by atoms with Crippen molar-refractivity contribution in [1.29, 1.82) is 0 Å². The molecule has 0 spiro atoms. The number of imidazole rings is 1. The van der Waals surface area contributed by atoms with E-state index in [4.69, 9.17) is 5.73 Å². The summed E-state index contributed by atoms with van der Waals surface area (Å²) in [5.41, 5.74) is 7.20. The lowest BCUT2D eigenvalue weighted by Crippen LogP contribution is -2.00. The number of rotatable bonds is 5. The van der Waals surface area contributed by atoms with Gasteiger partial charge in [-0.3, -0.25) is 10.1 Å². The Morgan fingerprint density at radius 1 is 1.44 bits per heavy atom. The number of aromatic nitrogens is 2. The van der Waals surface area contributed by atoms with Gasteiger partial charge in [-0.1, -0.05) is 12.1 Å². The van der Waals surface area contributed by atoms with E-state index in [1.165, 1.54) is 12.1 Å². The normalized spacial score (nSPS) is 10.5. The van der Waals surface area contributed by atoms with Crippen LogP contribution in [0, 0.1) is 10.1 Å². The Morgan fingerprint density at radius 3 is 3.00 bits per heavy atom. The zero-order valence-corrected chi connectivity index (χ0v) is 9.80. The Balaban J connectivity index is 2.23. The van der Waals surface area contributed by atoms with Crippen LogP contribution in [0.4, 0.5) is 5.69 Å². The van der Waals surface area contributed by atoms with Crippen LogP contribution in [0.2, 0.25) is 0 Å². The molecule has 2 aromatic rings. The summed E-state index contributed by atoms with van der Waals surface area (Å²) in [6.45, 7) is 0.630. The second kappa shape index (κ2) is 5.42. The maximum atomic E-state index is 10.7. The van der Waals surface area contributed by atoms with Gasteiger partial charge in [0.25, 0.3) is 5.69 Å². The average molecular weight is 246 g/mol. The van der Waals surface area contributed by atoms with Crippen LogP contribution in [0.25, 0.3) is 11.4 Å². The van der Waals surface area contributed by atoms with Crippen LogP contribution in [-0.4, -0.2) is 21.4 Å². The predicted molar refractivity (Wildman–Crippen MR) is 68.1 cm³/mol. The van der Waals surface area contributed by atoms with Crippen molar-refractivity contribution in [3.8, 4) is 11.4 Å². The fraction of sp³-hybridized carbons (Fsp3) is 0.250. The van der Waals surface area contributed by atoms with Crippen LogP contribution in [0.5, 0.6) is 0 Å². The molecule has 2 rings (SSSR count). The van der Waals surface area contributed by atoms with E-state index in [1.54, 1.807) is 18.3 Å². The van der Waals surface area contributed by atoms with E-state index in [-0.39, 0.29) is 5.69 Å². The fourth-order valence-electron chi connectivity index (χ4n) is 1.69. The van der Waals surface area contributed by atoms with E-state index in [1.807, 2.05) is 0 Å². The number of nitrogens with zero attached hydrogens (tertiary/aromatic N) is 2. The Hall–Kier alpha value is -2.21. The number of non-ortho nitro benzene ring substituents is 1. The highest BCUT2D eigenvalue weighted by molar-refractivity contribution is 5.59. The summed E-state index contributed by atoms with van der Waals surface area (Å²) in [5.74, 6) is 0.644. The second-order valence-electron chi connectivity index (χ2n) is 3.96. The molecule has 0 bridgehead atoms. The van der Waals surface area contributed by atoms with E-state index >= 15 is 0 Å². The van der Waals surface area contributed by atoms with Crippen LogP contribution in [0.1, 0.15) is 12.1 Å². The molecular weight excluding hydrogens is 232 g/mol. The van der Waals surface area contributed by atoms with Gasteiger partial charge in [-0.25, -0.2) is 4.98 Å². The number of aromatic amines is 1. The summed E-state index contributed by atoms with van der Waals surface area (Å²) in [5, 5.41) is 10.7. The van der Waals surface area contributed by atoms with E-state index in [0.717, 1.165) is 18.5 Å². The van der Waals surface area contributed by atoms with Crippen molar-refractivity contribution < 1.29 is 4.92 Å². The molecule has 6 heteroatoms. The molecule has 1 aromatic carbocycles. The summed E-state index contributed by atoms with van der Waals surface area (Å²) in [7, 11) is 0. The monoisotopic (exact) mass is 246 g/mol. The second-order valence-corrected chi connectivity index (χ2v) is 3.96. The molecule has 0 fully saturated rings. The Labute approximate surface area is 104 Å². The van der Waals surface area contributed by atoms with Gasteiger partial charge in [0.2, 0.25) is 0 Å². The van der Waals surface area contributed by atoms with Gasteiger partial charge in [-0.15, -0.1) is 0 Å². The topological polar surface area (TPSA) is 97.8 Å². The number of benzene rings is 1. The van der Waals surface area contributed by atoms with Crippen LogP contribution in [-0.2, 0) is 6.42 Å². The van der Waals surface area contributed by atoms with Gasteiger partial charge in [0.1, 0.15) is 5.82 Å². The standard InChI is InChI=1S/C12H14N4O2/c13-6-2-4-10-8-14-12(15-10)9-3-1-5-11(7-9)16(17)18/h1,3,5,7-8H,2,4,6,13H2,(H,14,15). The summed E-state index contributed by atoms with van der Waals surface area (Å²) < 4.78 is 0. The SMILES string of the molecule is NCCCc1cnc(-c2cccc([N+](=O)[O-])c2)[nH]1. The molecule has 1 aromatic heterocycles. The summed E-state index contributed by atoms with van der Waals surface area (Å²) in [6.07, 6.45) is 3.46. The molecule has 0 atom stereocenters. The fourth-order valence-corrected chi connectivity index (χ4v) is 1.69. The first-order chi connectivity index (χ1) is 8.70. The van der Waals surface area contributed by atoms with Crippen molar-refractivity contribution in [3.05, 3.63) is 46.3 Å². The molecule has 1 heterocycles. The van der Waals surface area contributed by atoms with Crippen LogP contribution in [0.15, 0.2) is 30.5 Å². The predicted octanol–water partition coefficient (Wildman–Crippen LogP) is 1.88. The first-order valence-corrected chi connectivity index (χ1v) is 5.69. The zero-order chi connectivity index (χ0) is 13.0. The van der Waals surface area contributed by atoms with E-state index in [0.29, 0.717) is 17.9 Å². The third-order valence-electron chi connectivity index (χ3n) is 2.61. The number of aryl methyl sites for hydroxylation is 1. The Morgan fingerprint density at radius 2 is 2.28 bits per heavy atom. The molecule has 0 aliphatic carbocycles. The van der Waals surface area contributed by atoms with Gasteiger partial charge in [0.05, 0.1) is 4.92 Å². The number of H-pyrrole nitrogens is 1. The van der Waals surface area contributed by atoms with Crippen molar-refractivity contribution in [1.82, 2.24) is 9.97 Å². The summed E-state index contributed by atoms with van der Waals surface area (Å²) in [4.78, 5) is 17.6.